The van der Waals surface area contributed by atoms with Crippen LogP contribution in [0.2, 0.25) is 0 Å². The van der Waals surface area contributed by atoms with Gasteiger partial charge in [-0.15, -0.1) is 0 Å². The molecule has 4 nitrogen and oxygen atoms in total. The van der Waals surface area contributed by atoms with E-state index in [-0.39, 0.29) is 6.04 Å². The van der Waals surface area contributed by atoms with Crippen LogP contribution in [0.15, 0.2) is 0 Å². The van der Waals surface area contributed by atoms with Gasteiger partial charge < -0.3 is 15.5 Å². The number of piperidine rings is 1. The van der Waals surface area contributed by atoms with Crippen LogP contribution < -0.4 is 10.6 Å². The number of piperazine rings is 1. The van der Waals surface area contributed by atoms with Crippen molar-refractivity contribution in [2.45, 2.75) is 37.4 Å². The van der Waals surface area contributed by atoms with Crippen LogP contribution in [0, 0.1) is 0 Å². The molecule has 2 unspecified atom stereocenters. The quantitative estimate of drug-likeness (QED) is 0.582. The van der Waals surface area contributed by atoms with E-state index >= 15 is 0 Å². The topological polar surface area (TPSA) is 44.4 Å². The second-order valence-corrected chi connectivity index (χ2v) is 4.58. The highest BCUT2D eigenvalue weighted by Gasteiger charge is 2.47. The Morgan fingerprint density at radius 1 is 1.21 bits per heavy atom. The second kappa shape index (κ2) is 3.21. The molecule has 2 N–H and O–H groups in total. The van der Waals surface area contributed by atoms with Gasteiger partial charge in [0.05, 0.1) is 6.04 Å². The lowest BCUT2D eigenvalue weighted by Crippen LogP contribution is -2.54. The molecule has 0 saturated carbocycles. The molecule has 3 heterocycles. The number of likely N-dealkylation sites (tertiary alicyclic amines) is 1. The summed E-state index contributed by atoms with van der Waals surface area (Å²) in [6.07, 6.45) is 3.31. The van der Waals surface area contributed by atoms with Crippen LogP contribution in [0.4, 0.5) is 0 Å². The summed E-state index contributed by atoms with van der Waals surface area (Å²) in [5.74, 6) is 0.355. The highest BCUT2D eigenvalue weighted by molar-refractivity contribution is 5.86. The number of rotatable bonds is 1. The second-order valence-electron chi connectivity index (χ2n) is 4.58. The fraction of sp³-hybridized carbons (Fsp3) is 0.900. The fourth-order valence-electron chi connectivity index (χ4n) is 3.04. The fourth-order valence-corrected chi connectivity index (χ4v) is 3.04. The van der Waals surface area contributed by atoms with Crippen molar-refractivity contribution in [2.24, 2.45) is 0 Å². The summed E-state index contributed by atoms with van der Waals surface area (Å²) in [5.41, 5.74) is 0. The van der Waals surface area contributed by atoms with Gasteiger partial charge in [-0.25, -0.2) is 0 Å². The van der Waals surface area contributed by atoms with Crippen LogP contribution in [-0.4, -0.2) is 48.6 Å². The lowest BCUT2D eigenvalue weighted by atomic mass is 10.0. The first kappa shape index (κ1) is 8.68. The smallest absolute Gasteiger partial charge is 0.240 e. The molecular weight excluding hydrogens is 178 g/mol. The molecule has 78 valence electrons. The summed E-state index contributed by atoms with van der Waals surface area (Å²) in [5, 5.41) is 6.61. The molecule has 2 atom stereocenters. The Morgan fingerprint density at radius 2 is 2.00 bits per heavy atom. The average molecular weight is 195 g/mol. The molecule has 0 aliphatic carbocycles. The van der Waals surface area contributed by atoms with Crippen molar-refractivity contribution in [3.05, 3.63) is 0 Å². The molecule has 0 spiro atoms. The van der Waals surface area contributed by atoms with Crippen LogP contribution in [0.5, 0.6) is 0 Å². The van der Waals surface area contributed by atoms with E-state index in [1.165, 1.54) is 0 Å². The van der Waals surface area contributed by atoms with Gasteiger partial charge in [-0.1, -0.05) is 0 Å². The molecule has 3 aliphatic rings. The molecule has 0 aromatic heterocycles. The third kappa shape index (κ3) is 1.17. The van der Waals surface area contributed by atoms with Gasteiger partial charge in [0.15, 0.2) is 0 Å². The van der Waals surface area contributed by atoms with E-state index < -0.39 is 0 Å². The van der Waals surface area contributed by atoms with Crippen LogP contribution in [0.3, 0.4) is 0 Å². The standard InChI is InChI=1S/C10H17N3O/c14-10-9-5-8(6-12-9)13(10)7-1-3-11-4-2-7/h7-9,11-12H,1-6H2. The third-order valence-electron chi connectivity index (χ3n) is 3.76. The van der Waals surface area contributed by atoms with Crippen molar-refractivity contribution >= 4 is 5.91 Å². The van der Waals surface area contributed by atoms with E-state index in [1.807, 2.05) is 0 Å². The molecule has 3 saturated heterocycles. The lowest BCUT2D eigenvalue weighted by Gasteiger charge is -2.37. The van der Waals surface area contributed by atoms with Gasteiger partial charge in [-0.3, -0.25) is 4.79 Å². The predicted molar refractivity (Wildman–Crippen MR) is 52.9 cm³/mol. The van der Waals surface area contributed by atoms with Gasteiger partial charge in [-0.05, 0) is 32.4 Å². The number of nitrogens with one attached hydrogen (secondary N) is 2. The number of nitrogens with zero attached hydrogens (tertiary/aromatic N) is 1. The van der Waals surface area contributed by atoms with Crippen molar-refractivity contribution in [1.82, 2.24) is 15.5 Å². The number of fused-ring (bicyclic) bond motifs is 2. The van der Waals surface area contributed by atoms with Gasteiger partial charge >= 0.3 is 0 Å². The van der Waals surface area contributed by atoms with Crippen molar-refractivity contribution in [3.8, 4) is 0 Å². The van der Waals surface area contributed by atoms with E-state index in [0.29, 0.717) is 18.0 Å². The summed E-state index contributed by atoms with van der Waals surface area (Å²) < 4.78 is 0. The molecule has 3 fully saturated rings. The Morgan fingerprint density at radius 3 is 2.64 bits per heavy atom. The minimum absolute atomic E-state index is 0.148. The SMILES string of the molecule is O=C1C2CC(CN2)N1C1CCNCC1. The maximum atomic E-state index is 11.9. The number of carbonyl (C=O) groups is 1. The van der Waals surface area contributed by atoms with Crippen molar-refractivity contribution < 1.29 is 4.79 Å². The normalized spacial score (nSPS) is 38.3. The molecular formula is C10H17N3O. The van der Waals surface area contributed by atoms with E-state index in [4.69, 9.17) is 0 Å². The van der Waals surface area contributed by atoms with Crippen LogP contribution >= 0.6 is 0 Å². The largest absolute Gasteiger partial charge is 0.334 e. The van der Waals surface area contributed by atoms with Gasteiger partial charge in [0.2, 0.25) is 5.91 Å². The molecule has 3 aliphatic heterocycles. The number of amides is 1. The monoisotopic (exact) mass is 195 g/mol. The van der Waals surface area contributed by atoms with Crippen LogP contribution in [0.25, 0.3) is 0 Å². The van der Waals surface area contributed by atoms with Crippen molar-refractivity contribution in [3.63, 3.8) is 0 Å². The third-order valence-corrected chi connectivity index (χ3v) is 3.76. The Kier molecular flexibility index (Phi) is 1.99. The average Bonchev–Trinajstić information content (AvgIpc) is 2.79. The van der Waals surface area contributed by atoms with Crippen LogP contribution in [-0.2, 0) is 4.79 Å². The van der Waals surface area contributed by atoms with E-state index in [9.17, 15) is 4.79 Å². The Bertz CT molecular complexity index is 250. The summed E-state index contributed by atoms with van der Waals surface area (Å²) in [7, 11) is 0. The molecule has 0 radical (unpaired) electrons. The summed E-state index contributed by atoms with van der Waals surface area (Å²) >= 11 is 0. The molecule has 4 heteroatoms. The molecule has 0 aromatic rings. The zero-order valence-electron chi connectivity index (χ0n) is 8.33. The number of hydrogen-bond donors (Lipinski definition) is 2. The van der Waals surface area contributed by atoms with Gasteiger partial charge in [0.25, 0.3) is 0 Å². The number of carbonyl (C=O) groups excluding carboxylic acids is 1. The first-order valence-corrected chi connectivity index (χ1v) is 5.62. The van der Waals surface area contributed by atoms with E-state index in [1.54, 1.807) is 0 Å². The van der Waals surface area contributed by atoms with Crippen LogP contribution in [0.1, 0.15) is 19.3 Å². The minimum Gasteiger partial charge on any atom is -0.334 e. The summed E-state index contributed by atoms with van der Waals surface area (Å²) in [6, 6.07) is 1.16. The van der Waals surface area contributed by atoms with E-state index in [0.717, 1.165) is 38.9 Å². The van der Waals surface area contributed by atoms with Crippen molar-refractivity contribution in [1.29, 1.82) is 0 Å². The number of hydrogen-bond acceptors (Lipinski definition) is 3. The zero-order valence-corrected chi connectivity index (χ0v) is 8.33. The Balaban J connectivity index is 1.74. The summed E-state index contributed by atoms with van der Waals surface area (Å²) in [6.45, 7) is 3.15. The maximum Gasteiger partial charge on any atom is 0.240 e. The maximum absolute atomic E-state index is 11.9. The molecule has 14 heavy (non-hydrogen) atoms. The first-order valence-electron chi connectivity index (χ1n) is 5.62. The van der Waals surface area contributed by atoms with Crippen molar-refractivity contribution in [2.75, 3.05) is 19.6 Å². The predicted octanol–water partition coefficient (Wildman–Crippen LogP) is -0.689. The Hall–Kier alpha value is -0.610. The molecule has 2 bridgehead atoms. The minimum atomic E-state index is 0.148. The van der Waals surface area contributed by atoms with Gasteiger partial charge in [-0.2, -0.15) is 0 Å². The highest BCUT2D eigenvalue weighted by Crippen LogP contribution is 2.29. The molecule has 1 amide bonds. The molecule has 0 aromatic carbocycles. The summed E-state index contributed by atoms with van der Waals surface area (Å²) in [4.78, 5) is 14.1. The Labute approximate surface area is 84.0 Å². The first-order chi connectivity index (χ1) is 6.86. The highest BCUT2D eigenvalue weighted by atomic mass is 16.2. The molecule has 3 rings (SSSR count). The van der Waals surface area contributed by atoms with Gasteiger partial charge in [0, 0.05) is 18.6 Å². The zero-order chi connectivity index (χ0) is 9.54. The van der Waals surface area contributed by atoms with E-state index in [2.05, 4.69) is 15.5 Å². The lowest BCUT2D eigenvalue weighted by molar-refractivity contribution is -0.135. The van der Waals surface area contributed by atoms with Gasteiger partial charge in [0.1, 0.15) is 0 Å².